The summed E-state index contributed by atoms with van der Waals surface area (Å²) in [5.41, 5.74) is 2.78. The Morgan fingerprint density at radius 1 is 1.07 bits per heavy atom. The summed E-state index contributed by atoms with van der Waals surface area (Å²) in [5, 5.41) is 3.68. The van der Waals surface area contributed by atoms with Crippen molar-refractivity contribution in [3.05, 3.63) is 94.8 Å². The molecule has 0 aliphatic heterocycles. The number of imidazole rings is 1. The summed E-state index contributed by atoms with van der Waals surface area (Å²) in [6, 6.07) is 16.3. The largest absolute Gasteiger partial charge is 0.489 e. The minimum Gasteiger partial charge on any atom is -0.489 e. The van der Waals surface area contributed by atoms with Gasteiger partial charge in [-0.2, -0.15) is 0 Å². The highest BCUT2D eigenvalue weighted by molar-refractivity contribution is 5.80. The van der Waals surface area contributed by atoms with E-state index in [1.165, 1.54) is 22.8 Å². The molecular weight excluding hydrogens is 387 g/mol. The monoisotopic (exact) mass is 402 g/mol. The fraction of sp³-hybridized carbons (Fsp3) is 0.0455. The van der Waals surface area contributed by atoms with Crippen LogP contribution in [-0.2, 0) is 6.61 Å². The lowest BCUT2D eigenvalue weighted by Gasteiger charge is -2.09. The standard InChI is InChI=1S/C22H15FN4O3/c23-15-3-1-14(2-4-15)13-29-17-8-10-27(21(28)12-17)16-5-6-18-19(11-16)26-22(25-18)20-7-9-24-30-20/h1-12H,13H2,(H,25,26). The quantitative estimate of drug-likeness (QED) is 0.479. The number of benzene rings is 2. The fourth-order valence-electron chi connectivity index (χ4n) is 3.11. The number of aromatic nitrogens is 4. The Hall–Kier alpha value is -4.20. The van der Waals surface area contributed by atoms with Crippen LogP contribution in [0.1, 0.15) is 5.56 Å². The molecule has 0 saturated carbocycles. The molecule has 3 aromatic heterocycles. The van der Waals surface area contributed by atoms with Gasteiger partial charge in [-0.3, -0.25) is 9.36 Å². The molecule has 0 spiro atoms. The first-order chi connectivity index (χ1) is 14.7. The third-order valence-corrected chi connectivity index (χ3v) is 4.62. The van der Waals surface area contributed by atoms with E-state index in [9.17, 15) is 9.18 Å². The predicted octanol–water partition coefficient (Wildman–Crippen LogP) is 4.09. The number of ether oxygens (including phenoxy) is 1. The Balaban J connectivity index is 1.39. The topological polar surface area (TPSA) is 85.9 Å². The van der Waals surface area contributed by atoms with Crippen LogP contribution >= 0.6 is 0 Å². The van der Waals surface area contributed by atoms with Crippen molar-refractivity contribution in [1.82, 2.24) is 19.7 Å². The van der Waals surface area contributed by atoms with Crippen LogP contribution in [0, 0.1) is 5.82 Å². The number of hydrogen-bond donors (Lipinski definition) is 1. The van der Waals surface area contributed by atoms with Gasteiger partial charge in [-0.1, -0.05) is 17.3 Å². The lowest BCUT2D eigenvalue weighted by molar-refractivity contribution is 0.305. The maximum absolute atomic E-state index is 13.0. The second-order valence-electron chi connectivity index (χ2n) is 6.65. The molecule has 30 heavy (non-hydrogen) atoms. The van der Waals surface area contributed by atoms with E-state index in [1.807, 2.05) is 18.2 Å². The van der Waals surface area contributed by atoms with Crippen molar-refractivity contribution in [3.8, 4) is 23.0 Å². The number of nitrogens with zero attached hydrogens (tertiary/aromatic N) is 3. The zero-order chi connectivity index (χ0) is 20.5. The van der Waals surface area contributed by atoms with E-state index in [4.69, 9.17) is 9.26 Å². The number of nitrogens with one attached hydrogen (secondary N) is 1. The van der Waals surface area contributed by atoms with Crippen molar-refractivity contribution in [2.75, 3.05) is 0 Å². The maximum Gasteiger partial charge on any atom is 0.258 e. The summed E-state index contributed by atoms with van der Waals surface area (Å²) in [4.78, 5) is 20.2. The number of halogens is 1. The number of H-pyrrole nitrogens is 1. The van der Waals surface area contributed by atoms with Crippen LogP contribution in [0.4, 0.5) is 4.39 Å². The molecule has 0 saturated heterocycles. The van der Waals surface area contributed by atoms with Crippen molar-refractivity contribution in [2.24, 2.45) is 0 Å². The Kier molecular flexibility index (Phi) is 4.36. The molecule has 0 radical (unpaired) electrons. The minimum absolute atomic E-state index is 0.235. The van der Waals surface area contributed by atoms with E-state index in [0.29, 0.717) is 23.0 Å². The average Bonchev–Trinajstić information content (AvgIpc) is 3.42. The van der Waals surface area contributed by atoms with Crippen LogP contribution in [0.25, 0.3) is 28.3 Å². The molecule has 0 aliphatic rings. The molecule has 0 amide bonds. The van der Waals surface area contributed by atoms with Gasteiger partial charge in [-0.15, -0.1) is 0 Å². The smallest absolute Gasteiger partial charge is 0.258 e. The highest BCUT2D eigenvalue weighted by Crippen LogP contribution is 2.22. The molecule has 0 bridgehead atoms. The Bertz CT molecular complexity index is 1370. The molecule has 0 fully saturated rings. The van der Waals surface area contributed by atoms with Crippen molar-refractivity contribution in [3.63, 3.8) is 0 Å². The van der Waals surface area contributed by atoms with Gasteiger partial charge >= 0.3 is 0 Å². The van der Waals surface area contributed by atoms with Crippen LogP contribution in [0.3, 0.4) is 0 Å². The number of hydrogen-bond acceptors (Lipinski definition) is 5. The highest BCUT2D eigenvalue weighted by atomic mass is 19.1. The van der Waals surface area contributed by atoms with Gasteiger partial charge < -0.3 is 14.2 Å². The molecule has 1 N–H and O–H groups in total. The van der Waals surface area contributed by atoms with Crippen molar-refractivity contribution < 1.29 is 13.7 Å². The van der Waals surface area contributed by atoms with E-state index in [-0.39, 0.29) is 18.0 Å². The van der Waals surface area contributed by atoms with E-state index < -0.39 is 0 Å². The number of rotatable bonds is 5. The molecular formula is C22H15FN4O3. The second-order valence-corrected chi connectivity index (χ2v) is 6.65. The molecule has 8 heteroatoms. The highest BCUT2D eigenvalue weighted by Gasteiger charge is 2.10. The van der Waals surface area contributed by atoms with Gasteiger partial charge in [0.1, 0.15) is 18.2 Å². The summed E-state index contributed by atoms with van der Waals surface area (Å²) in [7, 11) is 0. The molecule has 5 aromatic rings. The lowest BCUT2D eigenvalue weighted by Crippen LogP contribution is -2.16. The van der Waals surface area contributed by atoms with E-state index in [1.54, 1.807) is 36.7 Å². The summed E-state index contributed by atoms with van der Waals surface area (Å²) in [6.45, 7) is 0.244. The first kappa shape index (κ1) is 17.9. The van der Waals surface area contributed by atoms with Crippen molar-refractivity contribution in [2.45, 2.75) is 6.61 Å². The average molecular weight is 402 g/mol. The number of aromatic amines is 1. The second kappa shape index (κ2) is 7.32. The molecule has 0 aliphatic carbocycles. The van der Waals surface area contributed by atoms with Gasteiger partial charge in [0.2, 0.25) is 5.76 Å². The summed E-state index contributed by atoms with van der Waals surface area (Å²) in [6.07, 6.45) is 3.20. The van der Waals surface area contributed by atoms with Crippen LogP contribution in [0.5, 0.6) is 5.75 Å². The first-order valence-corrected chi connectivity index (χ1v) is 9.17. The zero-order valence-corrected chi connectivity index (χ0v) is 15.6. The normalized spacial score (nSPS) is 11.1. The molecule has 0 atom stereocenters. The SMILES string of the molecule is O=c1cc(OCc2ccc(F)cc2)ccn1-c1ccc2nc(-c3ccno3)[nH]c2c1. The van der Waals surface area contributed by atoms with Gasteiger partial charge in [0.15, 0.2) is 5.82 Å². The maximum atomic E-state index is 13.0. The van der Waals surface area contributed by atoms with Gasteiger partial charge in [0, 0.05) is 18.3 Å². The van der Waals surface area contributed by atoms with Crippen LogP contribution < -0.4 is 10.3 Å². The van der Waals surface area contributed by atoms with Gasteiger partial charge in [0.05, 0.1) is 22.9 Å². The first-order valence-electron chi connectivity index (χ1n) is 9.17. The van der Waals surface area contributed by atoms with Crippen molar-refractivity contribution in [1.29, 1.82) is 0 Å². The Labute approximate surface area is 169 Å². The van der Waals surface area contributed by atoms with Gasteiger partial charge in [0.25, 0.3) is 5.56 Å². The van der Waals surface area contributed by atoms with Crippen LogP contribution in [0.15, 0.2) is 82.4 Å². The van der Waals surface area contributed by atoms with E-state index >= 15 is 0 Å². The molecule has 148 valence electrons. The third-order valence-electron chi connectivity index (χ3n) is 4.62. The molecule has 0 unspecified atom stereocenters. The number of pyridine rings is 1. The zero-order valence-electron chi connectivity index (χ0n) is 15.6. The van der Waals surface area contributed by atoms with Gasteiger partial charge in [-0.25, -0.2) is 9.37 Å². The van der Waals surface area contributed by atoms with Gasteiger partial charge in [-0.05, 0) is 42.0 Å². The summed E-state index contributed by atoms with van der Waals surface area (Å²) < 4.78 is 25.3. The summed E-state index contributed by atoms with van der Waals surface area (Å²) in [5.74, 6) is 1.24. The summed E-state index contributed by atoms with van der Waals surface area (Å²) >= 11 is 0. The third kappa shape index (κ3) is 3.46. The molecule has 7 nitrogen and oxygen atoms in total. The fourth-order valence-corrected chi connectivity index (χ4v) is 3.11. The van der Waals surface area contributed by atoms with E-state index in [2.05, 4.69) is 15.1 Å². The molecule has 2 aromatic carbocycles. The minimum atomic E-state index is -0.302. The van der Waals surface area contributed by atoms with E-state index in [0.717, 1.165) is 16.6 Å². The Morgan fingerprint density at radius 2 is 1.93 bits per heavy atom. The molecule has 3 heterocycles. The van der Waals surface area contributed by atoms with Crippen molar-refractivity contribution >= 4 is 11.0 Å². The lowest BCUT2D eigenvalue weighted by atomic mass is 10.2. The number of fused-ring (bicyclic) bond motifs is 1. The molecule has 5 rings (SSSR count). The van der Waals surface area contributed by atoms with Crippen LogP contribution in [0.2, 0.25) is 0 Å². The Morgan fingerprint density at radius 3 is 2.70 bits per heavy atom. The predicted molar refractivity (Wildman–Crippen MR) is 108 cm³/mol. The van der Waals surface area contributed by atoms with Crippen LogP contribution in [-0.4, -0.2) is 19.7 Å².